The Morgan fingerprint density at radius 3 is 2.71 bits per heavy atom. The van der Waals surface area contributed by atoms with Crippen LogP contribution in [0, 0.1) is 5.82 Å². The zero-order chi connectivity index (χ0) is 24.1. The van der Waals surface area contributed by atoms with Crippen LogP contribution in [0.4, 0.5) is 10.1 Å². The van der Waals surface area contributed by atoms with E-state index in [0.29, 0.717) is 29.9 Å². The Hall–Kier alpha value is -3.79. The van der Waals surface area contributed by atoms with Crippen molar-refractivity contribution in [2.45, 2.75) is 32.0 Å². The molecule has 2 aromatic heterocycles. The van der Waals surface area contributed by atoms with Gasteiger partial charge < -0.3 is 9.80 Å². The van der Waals surface area contributed by atoms with Crippen LogP contribution in [-0.4, -0.2) is 69.4 Å². The predicted molar refractivity (Wildman–Crippen MR) is 125 cm³/mol. The Morgan fingerprint density at radius 2 is 1.91 bits per heavy atom. The molecule has 0 spiro atoms. The molecule has 0 radical (unpaired) electrons. The number of hydrogen-bond acceptors (Lipinski definition) is 6. The van der Waals surface area contributed by atoms with Gasteiger partial charge in [-0.05, 0) is 36.2 Å². The van der Waals surface area contributed by atoms with Crippen LogP contribution in [0.15, 0.2) is 42.7 Å². The molecule has 2 saturated heterocycles. The maximum Gasteiger partial charge on any atom is 0.255 e. The van der Waals surface area contributed by atoms with Gasteiger partial charge in [-0.25, -0.2) is 8.91 Å². The van der Waals surface area contributed by atoms with Gasteiger partial charge in [-0.1, -0.05) is 6.07 Å². The number of anilines is 1. The molecule has 3 aromatic rings. The van der Waals surface area contributed by atoms with Crippen molar-refractivity contribution >= 4 is 28.9 Å². The van der Waals surface area contributed by atoms with Crippen LogP contribution in [0.1, 0.15) is 34.3 Å². The molecule has 0 aliphatic carbocycles. The molecule has 9 nitrogen and oxygen atoms in total. The number of halogens is 1. The van der Waals surface area contributed by atoms with Gasteiger partial charge in [0.2, 0.25) is 11.8 Å². The molecule has 1 aromatic carbocycles. The smallest absolute Gasteiger partial charge is 0.255 e. The van der Waals surface area contributed by atoms with Crippen molar-refractivity contribution in [3.05, 3.63) is 65.2 Å². The predicted octanol–water partition coefficient (Wildman–Crippen LogP) is 1.56. The molecule has 180 valence electrons. The summed E-state index contributed by atoms with van der Waals surface area (Å²) in [4.78, 5) is 42.5. The molecule has 5 heterocycles. The van der Waals surface area contributed by atoms with E-state index in [1.165, 1.54) is 11.0 Å². The van der Waals surface area contributed by atoms with Crippen LogP contribution in [0.3, 0.4) is 0 Å². The summed E-state index contributed by atoms with van der Waals surface area (Å²) < 4.78 is 17.0. The normalized spacial score (nSPS) is 21.1. The maximum absolute atomic E-state index is 15.1. The van der Waals surface area contributed by atoms with Gasteiger partial charge in [-0.15, -0.1) is 0 Å². The second-order valence-corrected chi connectivity index (χ2v) is 9.32. The number of piperidine rings is 1. The Morgan fingerprint density at radius 1 is 1.09 bits per heavy atom. The second-order valence-electron chi connectivity index (χ2n) is 9.32. The molecule has 3 aliphatic rings. The average Bonchev–Trinajstić information content (AvgIpc) is 3.40. The van der Waals surface area contributed by atoms with Crippen molar-refractivity contribution in [3.8, 4) is 0 Å². The SMILES string of the molecule is O=C1CCC(N2Cc3cc(N4CCN(Cc5cnn6ccccc56)CC4)c(F)cc3C2=O)C(=O)N1. The fourth-order valence-electron chi connectivity index (χ4n) is 5.32. The summed E-state index contributed by atoms with van der Waals surface area (Å²) >= 11 is 0. The molecule has 6 rings (SSSR count). The Bertz CT molecular complexity index is 1350. The first-order valence-corrected chi connectivity index (χ1v) is 11.8. The van der Waals surface area contributed by atoms with Crippen LogP contribution in [-0.2, 0) is 22.7 Å². The van der Waals surface area contributed by atoms with E-state index in [1.807, 2.05) is 33.9 Å². The highest BCUT2D eigenvalue weighted by Gasteiger charge is 2.40. The minimum Gasteiger partial charge on any atom is -0.367 e. The number of rotatable bonds is 4. The number of benzene rings is 1. The number of carbonyl (C=O) groups excluding carboxylic acids is 3. The maximum atomic E-state index is 15.1. The third kappa shape index (κ3) is 3.83. The number of nitrogens with zero attached hydrogens (tertiary/aromatic N) is 5. The number of hydrogen-bond donors (Lipinski definition) is 1. The molecular weight excluding hydrogens is 451 g/mol. The van der Waals surface area contributed by atoms with E-state index in [1.54, 1.807) is 6.07 Å². The Labute approximate surface area is 201 Å². The lowest BCUT2D eigenvalue weighted by Gasteiger charge is -2.36. The third-order valence-electron chi connectivity index (χ3n) is 7.20. The molecule has 10 heteroatoms. The lowest BCUT2D eigenvalue weighted by Crippen LogP contribution is -2.52. The number of pyridine rings is 1. The summed E-state index contributed by atoms with van der Waals surface area (Å²) in [6.07, 6.45) is 4.30. The summed E-state index contributed by atoms with van der Waals surface area (Å²) in [5.41, 5.74) is 3.74. The average molecular weight is 477 g/mol. The molecule has 0 bridgehead atoms. The van der Waals surface area contributed by atoms with Crippen LogP contribution in [0.25, 0.3) is 5.52 Å². The van der Waals surface area contributed by atoms with Crippen molar-refractivity contribution in [2.24, 2.45) is 0 Å². The number of nitrogens with one attached hydrogen (secondary N) is 1. The number of aromatic nitrogens is 2. The third-order valence-corrected chi connectivity index (χ3v) is 7.20. The van der Waals surface area contributed by atoms with Gasteiger partial charge in [0.15, 0.2) is 0 Å². The van der Waals surface area contributed by atoms with Gasteiger partial charge in [0.1, 0.15) is 11.9 Å². The van der Waals surface area contributed by atoms with Crippen LogP contribution in [0.2, 0.25) is 0 Å². The second kappa shape index (κ2) is 8.46. The molecule has 0 saturated carbocycles. The van der Waals surface area contributed by atoms with Crippen molar-refractivity contribution < 1.29 is 18.8 Å². The van der Waals surface area contributed by atoms with E-state index < -0.39 is 17.8 Å². The molecule has 2 fully saturated rings. The highest BCUT2D eigenvalue weighted by molar-refractivity contribution is 6.05. The first kappa shape index (κ1) is 21.7. The van der Waals surface area contributed by atoms with E-state index in [2.05, 4.69) is 21.4 Å². The minimum atomic E-state index is -0.706. The molecular formula is C25H25FN6O3. The largest absolute Gasteiger partial charge is 0.367 e. The zero-order valence-corrected chi connectivity index (χ0v) is 19.1. The summed E-state index contributed by atoms with van der Waals surface area (Å²) in [7, 11) is 0. The fraction of sp³-hybridized carbons (Fsp3) is 0.360. The first-order valence-electron chi connectivity index (χ1n) is 11.8. The van der Waals surface area contributed by atoms with Crippen molar-refractivity contribution in [2.75, 3.05) is 31.1 Å². The standard InChI is InChI=1S/C25H25FN6O3/c26-19-12-18-16(15-31(25(18)35)21-4-5-23(33)28-24(21)34)11-22(19)30-9-7-29(8-10-30)14-17-13-27-32-6-2-1-3-20(17)32/h1-3,6,11-13,21H,4-5,7-10,14-15H2,(H,28,33,34). The number of piperazine rings is 1. The highest BCUT2D eigenvalue weighted by Crippen LogP contribution is 2.33. The van der Waals surface area contributed by atoms with Gasteiger partial charge in [-0.2, -0.15) is 5.10 Å². The summed E-state index contributed by atoms with van der Waals surface area (Å²) in [6, 6.07) is 8.34. The number of amides is 3. The quantitative estimate of drug-likeness (QED) is 0.575. The number of imide groups is 1. The van der Waals surface area contributed by atoms with E-state index in [9.17, 15) is 14.4 Å². The Kier molecular flexibility index (Phi) is 5.25. The van der Waals surface area contributed by atoms with Crippen LogP contribution >= 0.6 is 0 Å². The van der Waals surface area contributed by atoms with Crippen molar-refractivity contribution in [3.63, 3.8) is 0 Å². The van der Waals surface area contributed by atoms with Crippen molar-refractivity contribution in [1.29, 1.82) is 0 Å². The summed E-state index contributed by atoms with van der Waals surface area (Å²) in [5, 5.41) is 6.70. The molecule has 1 N–H and O–H groups in total. The summed E-state index contributed by atoms with van der Waals surface area (Å²) in [6.45, 7) is 3.91. The van der Waals surface area contributed by atoms with Gasteiger partial charge >= 0.3 is 0 Å². The topological polar surface area (TPSA) is 90.3 Å². The monoisotopic (exact) mass is 476 g/mol. The molecule has 35 heavy (non-hydrogen) atoms. The highest BCUT2D eigenvalue weighted by atomic mass is 19.1. The van der Waals surface area contributed by atoms with E-state index in [0.717, 1.165) is 30.7 Å². The van der Waals surface area contributed by atoms with Gasteiger partial charge in [0.05, 0.1) is 17.4 Å². The number of fused-ring (bicyclic) bond motifs is 2. The van der Waals surface area contributed by atoms with E-state index in [-0.39, 0.29) is 31.2 Å². The van der Waals surface area contributed by atoms with Crippen LogP contribution in [0.5, 0.6) is 0 Å². The van der Waals surface area contributed by atoms with Gasteiger partial charge in [0, 0.05) is 63.0 Å². The molecule has 1 unspecified atom stereocenters. The molecule has 1 atom stereocenters. The lowest BCUT2D eigenvalue weighted by atomic mass is 10.0. The van der Waals surface area contributed by atoms with Crippen LogP contribution < -0.4 is 10.2 Å². The fourth-order valence-corrected chi connectivity index (χ4v) is 5.32. The molecule has 3 aliphatic heterocycles. The lowest BCUT2D eigenvalue weighted by molar-refractivity contribution is -0.136. The van der Waals surface area contributed by atoms with E-state index in [4.69, 9.17) is 0 Å². The zero-order valence-electron chi connectivity index (χ0n) is 19.1. The Balaban J connectivity index is 1.14. The minimum absolute atomic E-state index is 0.190. The van der Waals surface area contributed by atoms with E-state index >= 15 is 4.39 Å². The number of carbonyl (C=O) groups is 3. The van der Waals surface area contributed by atoms with Gasteiger partial charge in [-0.3, -0.25) is 24.6 Å². The summed E-state index contributed by atoms with van der Waals surface area (Å²) in [5.74, 6) is -1.59. The first-order chi connectivity index (χ1) is 17.0. The van der Waals surface area contributed by atoms with Crippen molar-refractivity contribution in [1.82, 2.24) is 24.7 Å². The molecule has 3 amide bonds. The van der Waals surface area contributed by atoms with Gasteiger partial charge in [0.25, 0.3) is 5.91 Å².